The van der Waals surface area contributed by atoms with Crippen LogP contribution in [0.5, 0.6) is 0 Å². The molecule has 1 atom stereocenters. The zero-order valence-corrected chi connectivity index (χ0v) is 18.8. The van der Waals surface area contributed by atoms with Gasteiger partial charge in [0.25, 0.3) is 11.1 Å². The maximum atomic E-state index is 12.9. The first kappa shape index (κ1) is 20.7. The molecular formula is C25H28N2O2S. The van der Waals surface area contributed by atoms with Crippen molar-refractivity contribution in [2.24, 2.45) is 0 Å². The van der Waals surface area contributed by atoms with E-state index in [0.717, 1.165) is 35.9 Å². The molecule has 1 saturated heterocycles. The van der Waals surface area contributed by atoms with Crippen LogP contribution in [0.25, 0.3) is 6.08 Å². The largest absolute Gasteiger partial charge is 0.366 e. The van der Waals surface area contributed by atoms with Gasteiger partial charge in [-0.25, -0.2) is 0 Å². The highest BCUT2D eigenvalue weighted by Crippen LogP contribution is 2.44. The van der Waals surface area contributed by atoms with Gasteiger partial charge in [-0.3, -0.25) is 14.5 Å². The first-order chi connectivity index (χ1) is 14.3. The van der Waals surface area contributed by atoms with Gasteiger partial charge in [0.1, 0.15) is 0 Å². The van der Waals surface area contributed by atoms with E-state index in [1.807, 2.05) is 36.4 Å². The Bertz CT molecular complexity index is 1010. The van der Waals surface area contributed by atoms with Crippen molar-refractivity contribution in [3.8, 4) is 0 Å². The normalized spacial score (nSPS) is 22.0. The Morgan fingerprint density at radius 1 is 1.13 bits per heavy atom. The van der Waals surface area contributed by atoms with Crippen molar-refractivity contribution in [2.75, 3.05) is 11.4 Å². The Labute approximate surface area is 182 Å². The second kappa shape index (κ2) is 7.95. The average molecular weight is 421 g/mol. The molecule has 2 aromatic carbocycles. The lowest BCUT2D eigenvalue weighted by atomic mass is 9.79. The van der Waals surface area contributed by atoms with Crippen molar-refractivity contribution in [3.05, 3.63) is 70.1 Å². The molecule has 156 valence electrons. The van der Waals surface area contributed by atoms with E-state index >= 15 is 0 Å². The second-order valence-corrected chi connectivity index (χ2v) is 9.73. The Kier molecular flexibility index (Phi) is 5.49. The smallest absolute Gasteiger partial charge is 0.293 e. The van der Waals surface area contributed by atoms with Gasteiger partial charge in [0.15, 0.2) is 0 Å². The van der Waals surface area contributed by atoms with Gasteiger partial charge in [-0.15, -0.1) is 0 Å². The first-order valence-electron chi connectivity index (χ1n) is 10.5. The zero-order valence-electron chi connectivity index (χ0n) is 18.0. The van der Waals surface area contributed by atoms with Gasteiger partial charge >= 0.3 is 0 Å². The van der Waals surface area contributed by atoms with E-state index in [4.69, 9.17) is 0 Å². The fourth-order valence-corrected chi connectivity index (χ4v) is 5.59. The summed E-state index contributed by atoms with van der Waals surface area (Å²) in [7, 11) is 0. The highest BCUT2D eigenvalue weighted by Gasteiger charge is 2.37. The molecule has 4 nitrogen and oxygen atoms in total. The van der Waals surface area contributed by atoms with Crippen molar-refractivity contribution in [3.63, 3.8) is 0 Å². The predicted molar refractivity (Wildman–Crippen MR) is 125 cm³/mol. The topological polar surface area (TPSA) is 40.6 Å². The van der Waals surface area contributed by atoms with Crippen molar-refractivity contribution in [1.29, 1.82) is 0 Å². The summed E-state index contributed by atoms with van der Waals surface area (Å²) < 4.78 is 0. The summed E-state index contributed by atoms with van der Waals surface area (Å²) in [5.41, 5.74) is 4.64. The molecule has 30 heavy (non-hydrogen) atoms. The number of hydrogen-bond donors (Lipinski definition) is 0. The minimum absolute atomic E-state index is 0.128. The molecule has 0 bridgehead atoms. The molecule has 0 aromatic heterocycles. The average Bonchev–Trinajstić information content (AvgIpc) is 2.96. The molecule has 0 saturated carbocycles. The van der Waals surface area contributed by atoms with Crippen molar-refractivity contribution >= 4 is 34.7 Å². The number of thioether (sulfide) groups is 1. The van der Waals surface area contributed by atoms with Crippen LogP contribution in [-0.2, 0) is 11.3 Å². The fraction of sp³-hybridized carbons (Fsp3) is 0.360. The maximum Gasteiger partial charge on any atom is 0.293 e. The number of carbonyl (C=O) groups excluding carboxylic acids is 2. The molecule has 2 aromatic rings. The Morgan fingerprint density at radius 3 is 2.57 bits per heavy atom. The second-order valence-electron chi connectivity index (χ2n) is 8.73. The fourth-order valence-electron chi connectivity index (χ4n) is 4.75. The minimum Gasteiger partial charge on any atom is -0.366 e. The molecule has 0 radical (unpaired) electrons. The van der Waals surface area contributed by atoms with Crippen LogP contribution < -0.4 is 4.90 Å². The zero-order chi connectivity index (χ0) is 21.5. The van der Waals surface area contributed by atoms with Gasteiger partial charge in [0.2, 0.25) is 0 Å². The number of benzene rings is 2. The van der Waals surface area contributed by atoms with E-state index in [1.165, 1.54) is 16.2 Å². The molecule has 4 rings (SSSR count). The molecule has 0 N–H and O–H groups in total. The molecular weight excluding hydrogens is 392 g/mol. The van der Waals surface area contributed by atoms with Gasteiger partial charge in [-0.1, -0.05) is 43.3 Å². The van der Waals surface area contributed by atoms with Gasteiger partial charge in [-0.2, -0.15) is 0 Å². The van der Waals surface area contributed by atoms with Gasteiger partial charge in [0.05, 0.1) is 11.4 Å². The summed E-state index contributed by atoms with van der Waals surface area (Å²) in [6, 6.07) is 16.0. The molecule has 5 heteroatoms. The minimum atomic E-state index is -0.212. The van der Waals surface area contributed by atoms with Crippen molar-refractivity contribution in [2.45, 2.75) is 52.1 Å². The van der Waals surface area contributed by atoms with E-state index in [2.05, 4.69) is 50.8 Å². The predicted octanol–water partition coefficient (Wildman–Crippen LogP) is 6.04. The highest BCUT2D eigenvalue weighted by molar-refractivity contribution is 8.18. The van der Waals surface area contributed by atoms with E-state index in [1.54, 1.807) is 0 Å². The molecule has 1 unspecified atom stereocenters. The molecule has 0 spiro atoms. The Hall–Kier alpha value is -2.53. The van der Waals surface area contributed by atoms with Crippen molar-refractivity contribution in [1.82, 2.24) is 4.90 Å². The number of anilines is 1. The number of imide groups is 1. The van der Waals surface area contributed by atoms with E-state index < -0.39 is 0 Å². The van der Waals surface area contributed by atoms with Crippen molar-refractivity contribution < 1.29 is 9.59 Å². The highest BCUT2D eigenvalue weighted by atomic mass is 32.2. The SMILES string of the molecule is CCN1c2ccc(/C=C3\SC(=O)N(Cc4ccccc4)C3=O)cc2C(C)CC1(C)C. The summed E-state index contributed by atoms with van der Waals surface area (Å²) in [6.07, 6.45) is 2.95. The maximum absolute atomic E-state index is 12.9. The van der Waals surface area contributed by atoms with E-state index in [0.29, 0.717) is 17.4 Å². The first-order valence-corrected chi connectivity index (χ1v) is 11.3. The summed E-state index contributed by atoms with van der Waals surface area (Å²) in [6.45, 7) is 10.3. The number of hydrogen-bond acceptors (Lipinski definition) is 4. The Balaban J connectivity index is 1.61. The number of rotatable bonds is 4. The number of nitrogens with zero attached hydrogens (tertiary/aromatic N) is 2. The molecule has 2 aliphatic rings. The lowest BCUT2D eigenvalue weighted by Gasteiger charge is -2.47. The van der Waals surface area contributed by atoms with Gasteiger partial charge in [0, 0.05) is 17.8 Å². The summed E-state index contributed by atoms with van der Waals surface area (Å²) in [5, 5.41) is -0.208. The summed E-state index contributed by atoms with van der Waals surface area (Å²) >= 11 is 1.03. The number of amides is 2. The number of fused-ring (bicyclic) bond motifs is 1. The van der Waals surface area contributed by atoms with Crippen LogP contribution in [0.2, 0.25) is 0 Å². The summed E-state index contributed by atoms with van der Waals surface area (Å²) in [4.78, 5) is 29.6. The molecule has 2 aliphatic heterocycles. The number of carbonyl (C=O) groups is 2. The monoisotopic (exact) mass is 420 g/mol. The lowest BCUT2D eigenvalue weighted by Crippen LogP contribution is -2.48. The lowest BCUT2D eigenvalue weighted by molar-refractivity contribution is -0.123. The van der Waals surface area contributed by atoms with Crippen LogP contribution in [0.1, 0.15) is 56.7 Å². The van der Waals surface area contributed by atoms with Gasteiger partial charge in [-0.05, 0) is 79.8 Å². The van der Waals surface area contributed by atoms with E-state index in [-0.39, 0.29) is 16.7 Å². The molecule has 0 aliphatic carbocycles. The Morgan fingerprint density at radius 2 is 1.87 bits per heavy atom. The van der Waals surface area contributed by atoms with Crippen LogP contribution in [0.4, 0.5) is 10.5 Å². The third-order valence-corrected chi connectivity index (χ3v) is 6.99. The molecule has 1 fully saturated rings. The third-order valence-electron chi connectivity index (χ3n) is 6.08. The standard InChI is InChI=1S/C25H28N2O2S/c1-5-27-21-12-11-19(13-20(21)17(2)15-25(27,3)4)14-22-23(28)26(24(29)30-22)16-18-9-7-6-8-10-18/h6-14,17H,5,15-16H2,1-4H3/b22-14-. The van der Waals surface area contributed by atoms with Crippen LogP contribution in [0.15, 0.2) is 53.4 Å². The van der Waals surface area contributed by atoms with E-state index in [9.17, 15) is 9.59 Å². The molecule has 2 heterocycles. The molecule has 2 amide bonds. The van der Waals surface area contributed by atoms with Crippen LogP contribution in [-0.4, -0.2) is 28.1 Å². The van der Waals surface area contributed by atoms with Crippen LogP contribution >= 0.6 is 11.8 Å². The van der Waals surface area contributed by atoms with Crippen LogP contribution in [0, 0.1) is 0 Å². The summed E-state index contributed by atoms with van der Waals surface area (Å²) in [5.74, 6) is 0.232. The third kappa shape index (κ3) is 3.79. The van der Waals surface area contributed by atoms with Gasteiger partial charge < -0.3 is 4.90 Å². The quantitative estimate of drug-likeness (QED) is 0.566. The van der Waals surface area contributed by atoms with Crippen LogP contribution in [0.3, 0.4) is 0 Å².